The average Bonchev–Trinajstić information content (AvgIpc) is 2.99. The summed E-state index contributed by atoms with van der Waals surface area (Å²) in [5, 5.41) is 0. The zero-order chi connectivity index (χ0) is 39.3. The molecule has 0 aromatic carbocycles. The Morgan fingerprint density at radius 1 is 0.765 bits per heavy atom. The molecule has 0 radical (unpaired) electrons. The second-order valence-corrected chi connectivity index (χ2v) is 19.2. The Hall–Kier alpha value is -1.62. The summed E-state index contributed by atoms with van der Waals surface area (Å²) in [5.74, 6) is 2.68. The minimum Gasteiger partial charge on any atom is -0.462 e. The minimum atomic E-state index is -0.713. The van der Waals surface area contributed by atoms with E-state index >= 15 is 0 Å². The number of hydrogen-bond donors (Lipinski definition) is 0. The largest absolute Gasteiger partial charge is 0.462 e. The van der Waals surface area contributed by atoms with Crippen LogP contribution < -0.4 is 0 Å². The third-order valence-corrected chi connectivity index (χ3v) is 11.1. The molecular weight excluding hydrogens is 631 g/mol. The SMILES string of the molecule is C=C(C)CC(C)(C)C=CCOC(=O)C(C)(C)CC(C)(CC)C(CCC(C)CCCC(C)CCCC(C)CCCC(C)C)OC(=O)CCCN(C)C. The van der Waals surface area contributed by atoms with Gasteiger partial charge in [-0.2, -0.15) is 0 Å². The van der Waals surface area contributed by atoms with Crippen LogP contribution in [0.1, 0.15) is 186 Å². The van der Waals surface area contributed by atoms with Gasteiger partial charge in [0.05, 0.1) is 5.41 Å². The smallest absolute Gasteiger partial charge is 0.311 e. The van der Waals surface area contributed by atoms with Crippen LogP contribution in [-0.2, 0) is 19.1 Å². The molecule has 0 spiro atoms. The maximum Gasteiger partial charge on any atom is 0.311 e. The number of rotatable bonds is 30. The fourth-order valence-corrected chi connectivity index (χ4v) is 7.75. The van der Waals surface area contributed by atoms with Gasteiger partial charge in [-0.15, -0.1) is 6.58 Å². The van der Waals surface area contributed by atoms with E-state index in [1.54, 1.807) is 0 Å². The van der Waals surface area contributed by atoms with E-state index in [2.05, 4.69) is 79.9 Å². The predicted molar refractivity (Wildman–Crippen MR) is 221 cm³/mol. The predicted octanol–water partition coefficient (Wildman–Crippen LogP) is 13.0. The Morgan fingerprint density at radius 3 is 1.75 bits per heavy atom. The molecule has 0 bridgehead atoms. The van der Waals surface area contributed by atoms with Crippen LogP contribution in [0.2, 0.25) is 0 Å². The number of hydrogen-bond acceptors (Lipinski definition) is 5. The standard InChI is InChI=1S/C46H87NO4/c1-16-46(13,35-45(11,12)43(49)50-33-21-31-44(9,10)34-37(4)5)41(51-42(48)28-20-32-47(14)15)30-29-40(8)27-19-26-39(7)25-18-24-38(6)23-17-22-36(2)3/h21,31,36,38-41H,4,16-20,22-30,32-35H2,1-3,5-15H3. The van der Waals surface area contributed by atoms with E-state index in [1.807, 2.05) is 40.9 Å². The Balaban J connectivity index is 5.30. The molecule has 0 rings (SSSR count). The maximum atomic E-state index is 13.4. The van der Waals surface area contributed by atoms with E-state index in [1.165, 1.54) is 57.8 Å². The lowest BCUT2D eigenvalue weighted by Crippen LogP contribution is -2.42. The summed E-state index contributed by atoms with van der Waals surface area (Å²) in [7, 11) is 4.06. The molecule has 0 aliphatic rings. The van der Waals surface area contributed by atoms with Gasteiger partial charge in [-0.1, -0.05) is 138 Å². The number of allylic oxidation sites excluding steroid dienone is 2. The van der Waals surface area contributed by atoms with Crippen LogP contribution in [-0.4, -0.2) is 50.2 Å². The van der Waals surface area contributed by atoms with E-state index in [9.17, 15) is 9.59 Å². The fourth-order valence-electron chi connectivity index (χ4n) is 7.75. The van der Waals surface area contributed by atoms with Crippen molar-refractivity contribution >= 4 is 11.9 Å². The van der Waals surface area contributed by atoms with Crippen molar-refractivity contribution in [1.82, 2.24) is 4.90 Å². The topological polar surface area (TPSA) is 55.8 Å². The van der Waals surface area contributed by atoms with E-state index < -0.39 is 5.41 Å². The monoisotopic (exact) mass is 718 g/mol. The van der Waals surface area contributed by atoms with Crippen LogP contribution in [0.3, 0.4) is 0 Å². The second-order valence-electron chi connectivity index (χ2n) is 19.2. The summed E-state index contributed by atoms with van der Waals surface area (Å²) in [6.45, 7) is 31.7. The number of esters is 2. The second kappa shape index (κ2) is 25.4. The van der Waals surface area contributed by atoms with Crippen molar-refractivity contribution in [2.45, 2.75) is 192 Å². The molecule has 0 aliphatic heterocycles. The normalized spacial score (nSPS) is 16.2. The van der Waals surface area contributed by atoms with E-state index in [0.717, 1.165) is 62.0 Å². The van der Waals surface area contributed by atoms with E-state index in [4.69, 9.17) is 9.47 Å². The van der Waals surface area contributed by atoms with Crippen molar-refractivity contribution in [2.75, 3.05) is 27.2 Å². The quantitative estimate of drug-likeness (QED) is 0.0547. The van der Waals surface area contributed by atoms with Crippen molar-refractivity contribution < 1.29 is 19.1 Å². The highest BCUT2D eigenvalue weighted by molar-refractivity contribution is 5.76. The highest BCUT2D eigenvalue weighted by Gasteiger charge is 2.43. The molecule has 0 saturated carbocycles. The molecule has 300 valence electrons. The molecule has 5 unspecified atom stereocenters. The van der Waals surface area contributed by atoms with E-state index in [0.29, 0.717) is 18.8 Å². The van der Waals surface area contributed by atoms with E-state index in [-0.39, 0.29) is 35.5 Å². The van der Waals surface area contributed by atoms with Crippen molar-refractivity contribution in [3.63, 3.8) is 0 Å². The van der Waals surface area contributed by atoms with Gasteiger partial charge in [0, 0.05) is 11.8 Å². The maximum absolute atomic E-state index is 13.4. The summed E-state index contributed by atoms with van der Waals surface area (Å²) in [4.78, 5) is 28.7. The highest BCUT2D eigenvalue weighted by atomic mass is 16.5. The van der Waals surface area contributed by atoms with Gasteiger partial charge < -0.3 is 14.4 Å². The number of ether oxygens (including phenoxy) is 2. The first-order valence-corrected chi connectivity index (χ1v) is 21.0. The van der Waals surface area contributed by atoms with Gasteiger partial charge in [0.15, 0.2) is 0 Å². The third-order valence-electron chi connectivity index (χ3n) is 11.1. The lowest BCUT2D eigenvalue weighted by Gasteiger charge is -2.41. The molecule has 0 aliphatic carbocycles. The average molecular weight is 718 g/mol. The molecular formula is C46H87NO4. The van der Waals surface area contributed by atoms with Crippen LogP contribution in [0.15, 0.2) is 24.3 Å². The Labute approximate surface area is 318 Å². The molecule has 0 aromatic rings. The summed E-state index contributed by atoms with van der Waals surface area (Å²) in [6, 6.07) is 0. The number of carbonyl (C=O) groups is 2. The number of carbonyl (C=O) groups excluding carboxylic acids is 2. The van der Waals surface area contributed by atoms with Crippen LogP contribution in [0.4, 0.5) is 0 Å². The van der Waals surface area contributed by atoms with Gasteiger partial charge in [0.25, 0.3) is 0 Å². The first-order valence-electron chi connectivity index (χ1n) is 21.0. The summed E-state index contributed by atoms with van der Waals surface area (Å²) >= 11 is 0. The van der Waals surface area contributed by atoms with Gasteiger partial charge in [-0.05, 0) is 109 Å². The van der Waals surface area contributed by atoms with Crippen molar-refractivity contribution in [1.29, 1.82) is 0 Å². The van der Waals surface area contributed by atoms with Crippen molar-refractivity contribution in [3.8, 4) is 0 Å². The number of nitrogens with zero attached hydrogens (tertiary/aromatic N) is 1. The van der Waals surface area contributed by atoms with Crippen LogP contribution in [0, 0.1) is 39.9 Å². The molecule has 0 N–H and O–H groups in total. The van der Waals surface area contributed by atoms with Crippen LogP contribution in [0.5, 0.6) is 0 Å². The van der Waals surface area contributed by atoms with Gasteiger partial charge in [-0.25, -0.2) is 0 Å². The van der Waals surface area contributed by atoms with Gasteiger partial charge in [-0.3, -0.25) is 9.59 Å². The Bertz CT molecular complexity index is 995. The van der Waals surface area contributed by atoms with Crippen molar-refractivity contribution in [2.24, 2.45) is 39.9 Å². The molecule has 0 saturated heterocycles. The first-order chi connectivity index (χ1) is 23.6. The summed E-state index contributed by atoms with van der Waals surface area (Å²) in [5.41, 5.74) is 0.0460. The molecule has 5 atom stereocenters. The fraction of sp³-hybridized carbons (Fsp3) is 0.870. The lowest BCUT2D eigenvalue weighted by molar-refractivity contribution is -0.163. The van der Waals surface area contributed by atoms with Gasteiger partial charge >= 0.3 is 11.9 Å². The van der Waals surface area contributed by atoms with Crippen LogP contribution >= 0.6 is 0 Å². The van der Waals surface area contributed by atoms with Crippen molar-refractivity contribution in [3.05, 3.63) is 24.3 Å². The van der Waals surface area contributed by atoms with Gasteiger partial charge in [0.2, 0.25) is 0 Å². The minimum absolute atomic E-state index is 0.0290. The Kier molecular flexibility index (Phi) is 24.6. The third kappa shape index (κ3) is 24.3. The summed E-state index contributed by atoms with van der Waals surface area (Å²) < 4.78 is 12.1. The zero-order valence-corrected chi connectivity index (χ0v) is 36.6. The molecule has 5 nitrogen and oxygen atoms in total. The molecule has 0 fully saturated rings. The molecule has 5 heteroatoms. The van der Waals surface area contributed by atoms with Crippen LogP contribution in [0.25, 0.3) is 0 Å². The molecule has 0 amide bonds. The molecule has 0 heterocycles. The lowest BCUT2D eigenvalue weighted by atomic mass is 9.68. The highest BCUT2D eigenvalue weighted by Crippen LogP contribution is 2.43. The Morgan fingerprint density at radius 2 is 1.27 bits per heavy atom. The van der Waals surface area contributed by atoms with Gasteiger partial charge in [0.1, 0.15) is 12.7 Å². The molecule has 51 heavy (non-hydrogen) atoms. The molecule has 0 aromatic heterocycles. The zero-order valence-electron chi connectivity index (χ0n) is 36.6. The summed E-state index contributed by atoms with van der Waals surface area (Å²) in [6.07, 6.45) is 21.1. The first kappa shape index (κ1) is 49.4.